The van der Waals surface area contributed by atoms with E-state index in [0.717, 1.165) is 15.6 Å². The Hall–Kier alpha value is -1.93. The lowest BCUT2D eigenvalue weighted by Crippen LogP contribution is -2.18. The van der Waals surface area contributed by atoms with E-state index in [-0.39, 0.29) is 10.3 Å². The van der Waals surface area contributed by atoms with Crippen molar-refractivity contribution in [2.45, 2.75) is 31.1 Å². The third kappa shape index (κ3) is 3.16. The largest absolute Gasteiger partial charge is 0.264 e. The lowest BCUT2D eigenvalue weighted by atomic mass is 9.87. The molecule has 0 saturated heterocycles. The van der Waals surface area contributed by atoms with Crippen LogP contribution in [-0.2, 0) is 15.4 Å². The predicted molar refractivity (Wildman–Crippen MR) is 96.6 cm³/mol. The average molecular weight is 409 g/mol. The van der Waals surface area contributed by atoms with E-state index in [0.29, 0.717) is 5.82 Å². The minimum Gasteiger partial charge on any atom is -0.263 e. The first-order chi connectivity index (χ1) is 11.2. The molecule has 0 unspecified atom stereocenters. The van der Waals surface area contributed by atoms with Gasteiger partial charge in [0.1, 0.15) is 10.7 Å². The van der Waals surface area contributed by atoms with Gasteiger partial charge in [0, 0.05) is 12.4 Å². The molecule has 0 bridgehead atoms. The maximum absolute atomic E-state index is 12.6. The number of nitrogens with zero attached hydrogens (tertiary/aromatic N) is 3. The molecule has 0 saturated carbocycles. The van der Waals surface area contributed by atoms with Crippen LogP contribution in [0.2, 0.25) is 0 Å². The molecule has 0 spiro atoms. The second-order valence-electron chi connectivity index (χ2n) is 6.46. The van der Waals surface area contributed by atoms with Crippen molar-refractivity contribution in [1.82, 2.24) is 14.6 Å². The van der Waals surface area contributed by atoms with E-state index < -0.39 is 10.0 Å². The molecule has 8 heteroatoms. The molecule has 0 fully saturated rings. The number of rotatable bonds is 3. The van der Waals surface area contributed by atoms with Crippen molar-refractivity contribution in [2.24, 2.45) is 0 Å². The monoisotopic (exact) mass is 408 g/mol. The molecule has 24 heavy (non-hydrogen) atoms. The second kappa shape index (κ2) is 5.86. The molecule has 0 atom stereocenters. The van der Waals surface area contributed by atoms with Gasteiger partial charge < -0.3 is 0 Å². The third-order valence-electron chi connectivity index (χ3n) is 3.62. The average Bonchev–Trinajstić information content (AvgIpc) is 2.89. The Balaban J connectivity index is 2.16. The quantitative estimate of drug-likeness (QED) is 0.718. The zero-order chi connectivity index (χ0) is 17.5. The summed E-state index contributed by atoms with van der Waals surface area (Å²) in [6, 6.07) is 6.89. The summed E-state index contributed by atoms with van der Waals surface area (Å²) in [5, 5.41) is 4.25. The lowest BCUT2D eigenvalue weighted by molar-refractivity contribution is 0.589. The summed E-state index contributed by atoms with van der Waals surface area (Å²) in [5.74, 6) is 0.381. The number of hydrogen-bond donors (Lipinski definition) is 1. The van der Waals surface area contributed by atoms with Crippen molar-refractivity contribution >= 4 is 37.3 Å². The van der Waals surface area contributed by atoms with Crippen molar-refractivity contribution in [3.8, 4) is 0 Å². The normalized spacial score (nSPS) is 12.5. The van der Waals surface area contributed by atoms with Gasteiger partial charge in [0.25, 0.3) is 10.0 Å². The molecule has 0 aliphatic rings. The summed E-state index contributed by atoms with van der Waals surface area (Å²) in [6.45, 7) is 6.22. The number of sulfonamides is 1. The number of pyridine rings is 2. The van der Waals surface area contributed by atoms with Gasteiger partial charge in [0.15, 0.2) is 0 Å². The van der Waals surface area contributed by atoms with Crippen molar-refractivity contribution in [3.05, 3.63) is 52.9 Å². The second-order valence-corrected chi connectivity index (χ2v) is 9.00. The molecule has 0 aliphatic carbocycles. The zero-order valence-electron chi connectivity index (χ0n) is 13.5. The van der Waals surface area contributed by atoms with Gasteiger partial charge in [-0.3, -0.25) is 9.71 Å². The van der Waals surface area contributed by atoms with Crippen LogP contribution in [0.15, 0.2) is 52.2 Å². The summed E-state index contributed by atoms with van der Waals surface area (Å²) < 4.78 is 30.2. The van der Waals surface area contributed by atoms with Crippen molar-refractivity contribution in [2.75, 3.05) is 4.72 Å². The van der Waals surface area contributed by atoms with Gasteiger partial charge >= 0.3 is 0 Å². The van der Waals surface area contributed by atoms with Crippen LogP contribution in [0, 0.1) is 0 Å². The number of anilines is 1. The van der Waals surface area contributed by atoms with Crippen LogP contribution < -0.4 is 4.72 Å². The first-order valence-corrected chi connectivity index (χ1v) is 9.57. The van der Waals surface area contributed by atoms with Gasteiger partial charge in [-0.1, -0.05) is 20.8 Å². The van der Waals surface area contributed by atoms with E-state index in [4.69, 9.17) is 0 Å². The predicted octanol–water partition coefficient (Wildman–Crippen LogP) is 3.59. The van der Waals surface area contributed by atoms with Crippen LogP contribution in [0.25, 0.3) is 5.52 Å². The van der Waals surface area contributed by atoms with Gasteiger partial charge in [-0.2, -0.15) is 5.10 Å². The highest BCUT2D eigenvalue weighted by atomic mass is 79.9. The molecular weight excluding hydrogens is 392 g/mol. The van der Waals surface area contributed by atoms with Gasteiger partial charge in [-0.25, -0.2) is 12.9 Å². The van der Waals surface area contributed by atoms with Crippen LogP contribution in [-0.4, -0.2) is 23.0 Å². The highest BCUT2D eigenvalue weighted by molar-refractivity contribution is 9.10. The lowest BCUT2D eigenvalue weighted by Gasteiger charge is -2.21. The fraction of sp³-hybridized carbons (Fsp3) is 0.250. The molecule has 3 heterocycles. The van der Waals surface area contributed by atoms with Crippen molar-refractivity contribution in [3.63, 3.8) is 0 Å². The highest BCUT2D eigenvalue weighted by Crippen LogP contribution is 2.30. The van der Waals surface area contributed by atoms with Crippen LogP contribution >= 0.6 is 15.9 Å². The molecule has 6 nitrogen and oxygen atoms in total. The standard InChI is InChI=1S/C16H17BrN4O2S/c1-16(2,3)11-7-14-13(17)10-19-21(14)15(8-11)20-24(22,23)12-5-4-6-18-9-12/h4-10,20H,1-3H3. The summed E-state index contributed by atoms with van der Waals surface area (Å²) in [4.78, 5) is 3.97. The smallest absolute Gasteiger partial charge is 0.263 e. The molecule has 0 radical (unpaired) electrons. The number of aromatic nitrogens is 3. The molecule has 3 aromatic heterocycles. The van der Waals surface area contributed by atoms with Crippen molar-refractivity contribution in [1.29, 1.82) is 0 Å². The Morgan fingerprint density at radius 2 is 1.96 bits per heavy atom. The Labute approximate surface area is 149 Å². The molecule has 3 rings (SSSR count). The highest BCUT2D eigenvalue weighted by Gasteiger charge is 2.21. The summed E-state index contributed by atoms with van der Waals surface area (Å²) in [7, 11) is -3.75. The van der Waals surface area contributed by atoms with E-state index in [1.54, 1.807) is 22.8 Å². The topological polar surface area (TPSA) is 76.4 Å². The van der Waals surface area contributed by atoms with Gasteiger partial charge in [0.2, 0.25) is 0 Å². The van der Waals surface area contributed by atoms with Crippen LogP contribution in [0.4, 0.5) is 5.82 Å². The molecule has 1 N–H and O–H groups in total. The third-order valence-corrected chi connectivity index (χ3v) is 5.57. The Kier molecular flexibility index (Phi) is 4.13. The number of nitrogens with one attached hydrogen (secondary N) is 1. The van der Waals surface area contributed by atoms with E-state index in [2.05, 4.69) is 51.5 Å². The Bertz CT molecular complexity index is 992. The fourth-order valence-corrected chi connectivity index (χ4v) is 3.64. The number of fused-ring (bicyclic) bond motifs is 1. The summed E-state index contributed by atoms with van der Waals surface area (Å²) in [6.07, 6.45) is 4.48. The minimum atomic E-state index is -3.75. The fourth-order valence-electron chi connectivity index (χ4n) is 2.27. The number of hydrogen-bond acceptors (Lipinski definition) is 4. The zero-order valence-corrected chi connectivity index (χ0v) is 15.9. The van der Waals surface area contributed by atoms with E-state index in [1.807, 2.05) is 6.07 Å². The molecule has 3 aromatic rings. The van der Waals surface area contributed by atoms with E-state index >= 15 is 0 Å². The molecule has 0 aromatic carbocycles. The van der Waals surface area contributed by atoms with Gasteiger partial charge in [-0.05, 0) is 51.2 Å². The van der Waals surface area contributed by atoms with Gasteiger partial charge in [-0.15, -0.1) is 0 Å². The SMILES string of the molecule is CC(C)(C)c1cc(NS(=O)(=O)c2cccnc2)n2ncc(Br)c2c1. The van der Waals surface area contributed by atoms with Crippen LogP contribution in [0.5, 0.6) is 0 Å². The maximum Gasteiger partial charge on any atom is 0.264 e. The summed E-state index contributed by atoms with van der Waals surface area (Å²) >= 11 is 3.46. The van der Waals surface area contributed by atoms with Crippen LogP contribution in [0.1, 0.15) is 26.3 Å². The Morgan fingerprint density at radius 1 is 1.21 bits per heavy atom. The van der Waals surface area contributed by atoms with Gasteiger partial charge in [0.05, 0.1) is 16.2 Å². The van der Waals surface area contributed by atoms with E-state index in [9.17, 15) is 8.42 Å². The summed E-state index contributed by atoms with van der Waals surface area (Å²) in [5.41, 5.74) is 1.66. The first kappa shape index (κ1) is 16.9. The maximum atomic E-state index is 12.6. The minimum absolute atomic E-state index is 0.102. The molecule has 0 amide bonds. The van der Waals surface area contributed by atoms with Crippen LogP contribution in [0.3, 0.4) is 0 Å². The Morgan fingerprint density at radius 3 is 2.58 bits per heavy atom. The molecular formula is C16H17BrN4O2S. The number of halogens is 1. The molecule has 0 aliphatic heterocycles. The van der Waals surface area contributed by atoms with Crippen molar-refractivity contribution < 1.29 is 8.42 Å². The first-order valence-electron chi connectivity index (χ1n) is 7.29. The molecule has 126 valence electrons. The van der Waals surface area contributed by atoms with E-state index in [1.165, 1.54) is 18.5 Å².